The van der Waals surface area contributed by atoms with E-state index in [0.717, 1.165) is 5.56 Å². The fraction of sp³-hybridized carbons (Fsp3) is 0.154. The molecule has 0 aliphatic rings. The van der Waals surface area contributed by atoms with E-state index in [4.69, 9.17) is 11.6 Å². The summed E-state index contributed by atoms with van der Waals surface area (Å²) in [6.07, 6.45) is 1.39. The van der Waals surface area contributed by atoms with Gasteiger partial charge in [-0.2, -0.15) is 0 Å². The Labute approximate surface area is 131 Å². The average molecular weight is 376 g/mol. The van der Waals surface area contributed by atoms with E-state index in [0.29, 0.717) is 21.7 Å². The van der Waals surface area contributed by atoms with Gasteiger partial charge in [0.25, 0.3) is 10.0 Å². The third kappa shape index (κ3) is 3.50. The number of hydrogen-bond donors (Lipinski definition) is 1. The first-order chi connectivity index (χ1) is 9.42. The van der Waals surface area contributed by atoms with Crippen LogP contribution in [0.3, 0.4) is 0 Å². The molecular weight excluding hydrogens is 364 g/mol. The van der Waals surface area contributed by atoms with Crippen molar-refractivity contribution in [2.24, 2.45) is 0 Å². The number of anilines is 1. The highest BCUT2D eigenvalue weighted by atomic mass is 79.9. The molecule has 1 aromatic heterocycles. The fourth-order valence-electron chi connectivity index (χ4n) is 1.59. The summed E-state index contributed by atoms with van der Waals surface area (Å²) < 4.78 is 26.9. The first-order valence-corrected chi connectivity index (χ1v) is 8.70. The first kappa shape index (κ1) is 15.3. The molecule has 0 atom stereocenters. The molecule has 2 aromatic rings. The number of nitrogens with one attached hydrogen (secondary N) is 1. The Hall–Kier alpha value is -1.11. The monoisotopic (exact) mass is 374 g/mol. The normalized spacial score (nSPS) is 11.3. The lowest BCUT2D eigenvalue weighted by Gasteiger charge is -2.09. The quantitative estimate of drug-likeness (QED) is 0.654. The van der Waals surface area contributed by atoms with Crippen LogP contribution in [-0.2, 0) is 15.4 Å². The van der Waals surface area contributed by atoms with Gasteiger partial charge in [-0.1, -0.05) is 39.7 Å². The number of halogens is 2. The zero-order valence-corrected chi connectivity index (χ0v) is 13.8. The van der Waals surface area contributed by atoms with Crippen molar-refractivity contribution in [3.63, 3.8) is 0 Å². The average Bonchev–Trinajstić information content (AvgIpc) is 2.43. The van der Waals surface area contributed by atoms with Crippen molar-refractivity contribution >= 4 is 43.2 Å². The minimum Gasteiger partial charge on any atom is -0.278 e. The summed E-state index contributed by atoms with van der Waals surface area (Å²) in [6.45, 7) is 1.76. The lowest BCUT2D eigenvalue weighted by molar-refractivity contribution is 0.601. The molecule has 0 unspecified atom stereocenters. The molecule has 0 saturated heterocycles. The first-order valence-electron chi connectivity index (χ1n) is 5.72. The molecule has 1 N–H and O–H groups in total. The molecule has 1 heterocycles. The van der Waals surface area contributed by atoms with Crippen molar-refractivity contribution in [1.29, 1.82) is 0 Å². The lowest BCUT2D eigenvalue weighted by Crippen LogP contribution is -2.13. The van der Waals surface area contributed by atoms with Gasteiger partial charge in [0.2, 0.25) is 0 Å². The maximum absolute atomic E-state index is 12.2. The van der Waals surface area contributed by atoms with E-state index < -0.39 is 10.0 Å². The highest BCUT2D eigenvalue weighted by Crippen LogP contribution is 2.20. The predicted octanol–water partition coefficient (Wildman–Crippen LogP) is 3.74. The molecule has 0 aliphatic heterocycles. The Kier molecular flexibility index (Phi) is 4.67. The third-order valence-electron chi connectivity index (χ3n) is 2.65. The Balaban J connectivity index is 2.27. The van der Waals surface area contributed by atoms with E-state index in [1.807, 2.05) is 0 Å². The van der Waals surface area contributed by atoms with Gasteiger partial charge in [-0.3, -0.25) is 4.72 Å². The third-order valence-corrected chi connectivity index (χ3v) is 5.09. The largest absolute Gasteiger partial charge is 0.278 e. The van der Waals surface area contributed by atoms with Crippen LogP contribution in [0.25, 0.3) is 0 Å². The minimum absolute atomic E-state index is 0.204. The molecule has 0 bridgehead atoms. The molecule has 7 heteroatoms. The van der Waals surface area contributed by atoms with Gasteiger partial charge in [0, 0.05) is 5.33 Å². The van der Waals surface area contributed by atoms with Crippen LogP contribution < -0.4 is 4.72 Å². The number of alkyl halides is 1. The summed E-state index contributed by atoms with van der Waals surface area (Å²) in [5, 5.41) is 1.04. The van der Waals surface area contributed by atoms with E-state index in [-0.39, 0.29) is 4.90 Å². The van der Waals surface area contributed by atoms with Crippen molar-refractivity contribution in [2.45, 2.75) is 17.1 Å². The van der Waals surface area contributed by atoms with Gasteiger partial charge in [-0.15, -0.1) is 0 Å². The molecule has 1 aromatic carbocycles. The van der Waals surface area contributed by atoms with Gasteiger partial charge in [0.1, 0.15) is 5.15 Å². The van der Waals surface area contributed by atoms with Gasteiger partial charge in [0.15, 0.2) is 0 Å². The molecule has 0 fully saturated rings. The molecule has 4 nitrogen and oxygen atoms in total. The number of benzene rings is 1. The predicted molar refractivity (Wildman–Crippen MR) is 83.9 cm³/mol. The van der Waals surface area contributed by atoms with E-state index in [1.54, 1.807) is 37.3 Å². The standard InChI is InChI=1S/C13H12BrClN2O2S/c1-9-6-11(8-16-13(9)15)17-20(18,19)12-4-2-10(7-14)3-5-12/h2-6,8,17H,7H2,1H3. The maximum Gasteiger partial charge on any atom is 0.261 e. The summed E-state index contributed by atoms with van der Waals surface area (Å²) >= 11 is 9.12. The second-order valence-electron chi connectivity index (χ2n) is 4.21. The second-order valence-corrected chi connectivity index (χ2v) is 6.82. The Morgan fingerprint density at radius 2 is 1.95 bits per heavy atom. The number of pyridine rings is 1. The molecule has 0 radical (unpaired) electrons. The molecule has 20 heavy (non-hydrogen) atoms. The number of hydrogen-bond acceptors (Lipinski definition) is 3. The molecule has 106 valence electrons. The number of rotatable bonds is 4. The van der Waals surface area contributed by atoms with Crippen LogP contribution in [0.15, 0.2) is 41.4 Å². The van der Waals surface area contributed by atoms with Gasteiger partial charge < -0.3 is 0 Å². The minimum atomic E-state index is -3.62. The number of aromatic nitrogens is 1. The summed E-state index contributed by atoms with van der Waals surface area (Å²) in [5.41, 5.74) is 2.10. The van der Waals surface area contributed by atoms with E-state index in [1.165, 1.54) is 6.20 Å². The van der Waals surface area contributed by atoms with Crippen molar-refractivity contribution in [3.8, 4) is 0 Å². The van der Waals surface area contributed by atoms with E-state index >= 15 is 0 Å². The van der Waals surface area contributed by atoms with Crippen LogP contribution in [-0.4, -0.2) is 13.4 Å². The van der Waals surface area contributed by atoms with Gasteiger partial charge >= 0.3 is 0 Å². The lowest BCUT2D eigenvalue weighted by atomic mass is 10.2. The molecule has 0 spiro atoms. The van der Waals surface area contributed by atoms with Crippen LogP contribution in [0.2, 0.25) is 5.15 Å². The van der Waals surface area contributed by atoms with Crippen LogP contribution in [0.5, 0.6) is 0 Å². The molecule has 0 aliphatic carbocycles. The molecular formula is C13H12BrClN2O2S. The van der Waals surface area contributed by atoms with Crippen molar-refractivity contribution in [3.05, 3.63) is 52.8 Å². The summed E-state index contributed by atoms with van der Waals surface area (Å²) in [4.78, 5) is 4.12. The Morgan fingerprint density at radius 3 is 2.50 bits per heavy atom. The summed E-state index contributed by atoms with van der Waals surface area (Å²) in [7, 11) is -3.62. The topological polar surface area (TPSA) is 59.1 Å². The number of nitrogens with zero attached hydrogens (tertiary/aromatic N) is 1. The van der Waals surface area contributed by atoms with Gasteiger partial charge in [-0.05, 0) is 36.2 Å². The second kappa shape index (κ2) is 6.11. The van der Waals surface area contributed by atoms with Crippen molar-refractivity contribution in [1.82, 2.24) is 4.98 Å². The smallest absolute Gasteiger partial charge is 0.261 e. The SMILES string of the molecule is Cc1cc(NS(=O)(=O)c2ccc(CBr)cc2)cnc1Cl. The van der Waals surface area contributed by atoms with E-state index in [9.17, 15) is 8.42 Å². The van der Waals surface area contributed by atoms with Crippen LogP contribution >= 0.6 is 27.5 Å². The van der Waals surface area contributed by atoms with Crippen LogP contribution in [0.4, 0.5) is 5.69 Å². The van der Waals surface area contributed by atoms with Gasteiger partial charge in [0.05, 0.1) is 16.8 Å². The highest BCUT2D eigenvalue weighted by molar-refractivity contribution is 9.08. The highest BCUT2D eigenvalue weighted by Gasteiger charge is 2.14. The van der Waals surface area contributed by atoms with E-state index in [2.05, 4.69) is 25.6 Å². The number of sulfonamides is 1. The van der Waals surface area contributed by atoms with Crippen LogP contribution in [0, 0.1) is 6.92 Å². The fourth-order valence-corrected chi connectivity index (χ4v) is 3.10. The van der Waals surface area contributed by atoms with Crippen LogP contribution in [0.1, 0.15) is 11.1 Å². The van der Waals surface area contributed by atoms with Gasteiger partial charge in [-0.25, -0.2) is 13.4 Å². The summed E-state index contributed by atoms with van der Waals surface area (Å²) in [6, 6.07) is 8.29. The molecule has 2 rings (SSSR count). The van der Waals surface area contributed by atoms with Crippen molar-refractivity contribution in [2.75, 3.05) is 4.72 Å². The maximum atomic E-state index is 12.2. The van der Waals surface area contributed by atoms with Crippen molar-refractivity contribution < 1.29 is 8.42 Å². The molecule has 0 saturated carbocycles. The zero-order valence-electron chi connectivity index (χ0n) is 10.6. The zero-order chi connectivity index (χ0) is 14.8. The number of aryl methyl sites for hydroxylation is 1. The molecule has 0 amide bonds. The Bertz CT molecular complexity index is 718. The summed E-state index contributed by atoms with van der Waals surface area (Å²) in [5.74, 6) is 0. The Morgan fingerprint density at radius 1 is 1.30 bits per heavy atom.